The molecule has 0 amide bonds. The highest BCUT2D eigenvalue weighted by Gasteiger charge is 2.05. The number of benzene rings is 1. The first kappa shape index (κ1) is 14.7. The lowest BCUT2D eigenvalue weighted by molar-refractivity contribution is 0.477. The second kappa shape index (κ2) is 6.61. The van der Waals surface area contributed by atoms with Gasteiger partial charge in [0.1, 0.15) is 11.6 Å². The molecule has 1 heterocycles. The third-order valence-corrected chi connectivity index (χ3v) is 2.88. The molecular formula is C15H19F2N3. The van der Waals surface area contributed by atoms with Gasteiger partial charge in [-0.05, 0) is 30.2 Å². The van der Waals surface area contributed by atoms with Crippen LogP contribution in [-0.2, 0) is 19.6 Å². The van der Waals surface area contributed by atoms with E-state index in [4.69, 9.17) is 0 Å². The molecule has 0 aliphatic heterocycles. The van der Waals surface area contributed by atoms with Gasteiger partial charge in [0.25, 0.3) is 0 Å². The van der Waals surface area contributed by atoms with Gasteiger partial charge in [-0.1, -0.05) is 13.8 Å². The van der Waals surface area contributed by atoms with Crippen molar-refractivity contribution in [1.29, 1.82) is 0 Å². The summed E-state index contributed by atoms with van der Waals surface area (Å²) in [7, 11) is 0. The summed E-state index contributed by atoms with van der Waals surface area (Å²) in [5.41, 5.74) is 1.22. The van der Waals surface area contributed by atoms with Gasteiger partial charge in [0.05, 0.1) is 5.69 Å². The van der Waals surface area contributed by atoms with Crippen LogP contribution in [0.25, 0.3) is 0 Å². The van der Waals surface area contributed by atoms with E-state index in [1.54, 1.807) is 0 Å². The van der Waals surface area contributed by atoms with Crippen molar-refractivity contribution >= 4 is 0 Å². The molecule has 0 fully saturated rings. The van der Waals surface area contributed by atoms with E-state index >= 15 is 0 Å². The summed E-state index contributed by atoms with van der Waals surface area (Å²) in [4.78, 5) is 0. The fourth-order valence-electron chi connectivity index (χ4n) is 1.98. The van der Waals surface area contributed by atoms with Crippen LogP contribution in [0.3, 0.4) is 0 Å². The lowest BCUT2D eigenvalue weighted by Crippen LogP contribution is -2.15. The van der Waals surface area contributed by atoms with Crippen molar-refractivity contribution < 1.29 is 8.78 Å². The molecule has 0 aliphatic rings. The molecule has 0 unspecified atom stereocenters. The Morgan fingerprint density at radius 2 is 2.00 bits per heavy atom. The fraction of sp³-hybridized carbons (Fsp3) is 0.400. The van der Waals surface area contributed by atoms with Gasteiger partial charge in [-0.15, -0.1) is 0 Å². The second-order valence-corrected chi connectivity index (χ2v) is 5.26. The first-order valence-corrected chi connectivity index (χ1v) is 6.71. The van der Waals surface area contributed by atoms with Crippen LogP contribution in [0, 0.1) is 17.6 Å². The quantitative estimate of drug-likeness (QED) is 0.880. The average molecular weight is 279 g/mol. The van der Waals surface area contributed by atoms with Crippen molar-refractivity contribution in [3.8, 4) is 0 Å². The van der Waals surface area contributed by atoms with Crippen molar-refractivity contribution in [3.05, 3.63) is 53.4 Å². The lowest BCUT2D eigenvalue weighted by Gasteiger charge is -2.06. The van der Waals surface area contributed by atoms with Crippen LogP contribution in [0.5, 0.6) is 0 Å². The zero-order valence-corrected chi connectivity index (χ0v) is 11.7. The maximum absolute atomic E-state index is 13.4. The summed E-state index contributed by atoms with van der Waals surface area (Å²) in [6.07, 6.45) is 1.93. The first-order chi connectivity index (χ1) is 9.54. The summed E-state index contributed by atoms with van der Waals surface area (Å²) in [5, 5.41) is 7.48. The molecule has 5 heteroatoms. The normalized spacial score (nSPS) is 11.2. The molecule has 0 saturated heterocycles. The smallest absolute Gasteiger partial charge is 0.127 e. The third-order valence-electron chi connectivity index (χ3n) is 2.88. The third kappa shape index (κ3) is 4.13. The van der Waals surface area contributed by atoms with E-state index in [-0.39, 0.29) is 6.54 Å². The van der Waals surface area contributed by atoms with E-state index in [2.05, 4.69) is 24.3 Å². The maximum Gasteiger partial charge on any atom is 0.127 e. The van der Waals surface area contributed by atoms with Crippen LogP contribution in [0.2, 0.25) is 0 Å². The van der Waals surface area contributed by atoms with Crippen molar-refractivity contribution in [2.45, 2.75) is 33.5 Å². The summed E-state index contributed by atoms with van der Waals surface area (Å²) >= 11 is 0. The highest BCUT2D eigenvalue weighted by molar-refractivity contribution is 5.18. The molecule has 1 aromatic heterocycles. The molecule has 0 atom stereocenters. The molecule has 0 bridgehead atoms. The number of rotatable bonds is 6. The Hall–Kier alpha value is -1.75. The van der Waals surface area contributed by atoms with E-state index in [0.717, 1.165) is 24.4 Å². The fourth-order valence-corrected chi connectivity index (χ4v) is 1.98. The number of nitrogens with zero attached hydrogens (tertiary/aromatic N) is 2. The number of nitrogens with one attached hydrogen (secondary N) is 1. The molecule has 0 radical (unpaired) electrons. The maximum atomic E-state index is 13.4. The SMILES string of the molecule is CC(C)Cn1ccc(CNCc2cc(F)ccc2F)n1. The van der Waals surface area contributed by atoms with Crippen LogP contribution in [0.15, 0.2) is 30.5 Å². The average Bonchev–Trinajstić information content (AvgIpc) is 2.80. The van der Waals surface area contributed by atoms with E-state index in [0.29, 0.717) is 18.0 Å². The van der Waals surface area contributed by atoms with E-state index in [9.17, 15) is 8.78 Å². The van der Waals surface area contributed by atoms with Crippen LogP contribution in [0.4, 0.5) is 8.78 Å². The van der Waals surface area contributed by atoms with Crippen LogP contribution < -0.4 is 5.32 Å². The van der Waals surface area contributed by atoms with Gasteiger partial charge in [0, 0.05) is 31.4 Å². The molecule has 2 aromatic rings. The van der Waals surface area contributed by atoms with E-state index in [1.165, 1.54) is 6.07 Å². The molecule has 0 aliphatic carbocycles. The van der Waals surface area contributed by atoms with E-state index in [1.807, 2.05) is 16.9 Å². The van der Waals surface area contributed by atoms with Gasteiger partial charge in [-0.3, -0.25) is 4.68 Å². The monoisotopic (exact) mass is 279 g/mol. The van der Waals surface area contributed by atoms with Crippen molar-refractivity contribution in [2.75, 3.05) is 0 Å². The largest absolute Gasteiger partial charge is 0.307 e. The van der Waals surface area contributed by atoms with Gasteiger partial charge in [-0.25, -0.2) is 8.78 Å². The molecular weight excluding hydrogens is 260 g/mol. The van der Waals surface area contributed by atoms with Gasteiger partial charge < -0.3 is 5.32 Å². The molecule has 0 saturated carbocycles. The van der Waals surface area contributed by atoms with Crippen LogP contribution in [-0.4, -0.2) is 9.78 Å². The minimum absolute atomic E-state index is 0.278. The number of hydrogen-bond donors (Lipinski definition) is 1. The zero-order valence-electron chi connectivity index (χ0n) is 11.7. The molecule has 1 aromatic carbocycles. The van der Waals surface area contributed by atoms with Gasteiger partial charge in [0.15, 0.2) is 0 Å². The first-order valence-electron chi connectivity index (χ1n) is 6.71. The Kier molecular flexibility index (Phi) is 4.84. The van der Waals surface area contributed by atoms with Crippen molar-refractivity contribution in [2.24, 2.45) is 5.92 Å². The Labute approximate surface area is 117 Å². The Balaban J connectivity index is 1.86. The van der Waals surface area contributed by atoms with Crippen LogP contribution >= 0.6 is 0 Å². The molecule has 1 N–H and O–H groups in total. The minimum atomic E-state index is -0.426. The predicted molar refractivity (Wildman–Crippen MR) is 74.0 cm³/mol. The minimum Gasteiger partial charge on any atom is -0.307 e. The molecule has 0 spiro atoms. The summed E-state index contributed by atoms with van der Waals surface area (Å²) in [6, 6.07) is 5.40. The second-order valence-electron chi connectivity index (χ2n) is 5.26. The Morgan fingerprint density at radius 1 is 1.20 bits per heavy atom. The number of hydrogen-bond acceptors (Lipinski definition) is 2. The van der Waals surface area contributed by atoms with Crippen molar-refractivity contribution in [1.82, 2.24) is 15.1 Å². The Morgan fingerprint density at radius 3 is 2.75 bits per heavy atom. The topological polar surface area (TPSA) is 29.9 Å². The predicted octanol–water partition coefficient (Wildman–Crippen LogP) is 3.11. The molecule has 20 heavy (non-hydrogen) atoms. The number of aromatic nitrogens is 2. The van der Waals surface area contributed by atoms with E-state index < -0.39 is 11.6 Å². The highest BCUT2D eigenvalue weighted by Crippen LogP contribution is 2.09. The standard InChI is InChI=1S/C15H19F2N3/c1-11(2)10-20-6-5-14(19-20)9-18-8-12-7-13(16)3-4-15(12)17/h3-7,11,18H,8-10H2,1-2H3. The summed E-state index contributed by atoms with van der Waals surface area (Å²) < 4.78 is 28.3. The molecule has 2 rings (SSSR count). The molecule has 3 nitrogen and oxygen atoms in total. The van der Waals surface area contributed by atoms with Crippen molar-refractivity contribution in [3.63, 3.8) is 0 Å². The Bertz CT molecular complexity index is 564. The summed E-state index contributed by atoms with van der Waals surface area (Å²) in [6.45, 7) is 5.94. The van der Waals surface area contributed by atoms with Gasteiger partial charge in [0.2, 0.25) is 0 Å². The lowest BCUT2D eigenvalue weighted by atomic mass is 10.2. The zero-order chi connectivity index (χ0) is 14.5. The van der Waals surface area contributed by atoms with Gasteiger partial charge >= 0.3 is 0 Å². The highest BCUT2D eigenvalue weighted by atomic mass is 19.1. The van der Waals surface area contributed by atoms with Gasteiger partial charge in [-0.2, -0.15) is 5.10 Å². The molecule has 108 valence electrons. The number of halogens is 2. The summed E-state index contributed by atoms with van der Waals surface area (Å²) in [5.74, 6) is -0.286. The van der Waals surface area contributed by atoms with Crippen LogP contribution in [0.1, 0.15) is 25.1 Å².